The van der Waals surface area contributed by atoms with Crippen molar-refractivity contribution in [3.63, 3.8) is 0 Å². The molecular formula is C74H63Cl5N12O8S4. The number of benzene rings is 6. The predicted molar refractivity (Wildman–Crippen MR) is 425 cm³/mol. The number of carbonyl (C=O) groups is 5. The van der Waals surface area contributed by atoms with Crippen LogP contribution in [0.4, 0.5) is 34.1 Å². The number of carbonyl (C=O) groups excluding carboxylic acids is 4. The number of aromatic nitrogens is 4. The minimum atomic E-state index is -0.901. The number of nitrogen functional groups attached to an aromatic ring is 2. The molecular weight excluding hydrogens is 1490 g/mol. The van der Waals surface area contributed by atoms with Gasteiger partial charge in [-0.25, -0.2) is 14.4 Å². The number of pyridine rings is 4. The Morgan fingerprint density at radius 1 is 0.466 bits per heavy atom. The maximum absolute atomic E-state index is 12.6. The van der Waals surface area contributed by atoms with E-state index in [1.807, 2.05) is 138 Å². The lowest BCUT2D eigenvalue weighted by atomic mass is 10.1. The van der Waals surface area contributed by atoms with Gasteiger partial charge in [-0.1, -0.05) is 119 Å². The first kappa shape index (κ1) is 78.2. The van der Waals surface area contributed by atoms with E-state index in [9.17, 15) is 24.0 Å². The smallest absolute Gasteiger partial charge is 0.350 e. The molecule has 0 radical (unpaired) electrons. The van der Waals surface area contributed by atoms with E-state index in [-0.39, 0.29) is 30.3 Å². The van der Waals surface area contributed by atoms with Gasteiger partial charge in [0.05, 0.1) is 90.5 Å². The number of halogens is 5. The van der Waals surface area contributed by atoms with E-state index in [0.717, 1.165) is 83.7 Å². The molecule has 20 nitrogen and oxygen atoms in total. The molecule has 103 heavy (non-hydrogen) atoms. The lowest BCUT2D eigenvalue weighted by Gasteiger charge is -2.11. The predicted octanol–water partition coefficient (Wildman–Crippen LogP) is 19.1. The third-order valence-corrected chi connectivity index (χ3v) is 19.7. The van der Waals surface area contributed by atoms with E-state index in [1.165, 1.54) is 59.6 Å². The van der Waals surface area contributed by atoms with Crippen molar-refractivity contribution in [2.24, 2.45) is 5.84 Å². The molecule has 0 aliphatic rings. The summed E-state index contributed by atoms with van der Waals surface area (Å²) in [6.07, 6.45) is 7.86. The van der Waals surface area contributed by atoms with Crippen LogP contribution in [0.3, 0.4) is 0 Å². The van der Waals surface area contributed by atoms with Crippen molar-refractivity contribution < 1.29 is 38.6 Å². The molecule has 0 aliphatic heterocycles. The van der Waals surface area contributed by atoms with Gasteiger partial charge >= 0.3 is 17.9 Å². The topological polar surface area (TPSA) is 300 Å². The molecule has 0 unspecified atom stereocenters. The fourth-order valence-corrected chi connectivity index (χ4v) is 13.2. The van der Waals surface area contributed by atoms with E-state index in [4.69, 9.17) is 67.8 Å². The number of anilines is 6. The van der Waals surface area contributed by atoms with E-state index < -0.39 is 5.97 Å². The van der Waals surface area contributed by atoms with Gasteiger partial charge in [0, 0.05) is 71.5 Å². The second-order valence-corrected chi connectivity index (χ2v) is 26.3. The summed E-state index contributed by atoms with van der Waals surface area (Å²) in [6.45, 7) is 1.78. The van der Waals surface area contributed by atoms with E-state index >= 15 is 0 Å². The van der Waals surface area contributed by atoms with Crippen LogP contribution >= 0.6 is 104 Å². The minimum Gasteiger partial charge on any atom is -0.477 e. The highest BCUT2D eigenvalue weighted by molar-refractivity contribution is 7.13. The van der Waals surface area contributed by atoms with Crippen LogP contribution in [0, 0.1) is 0 Å². The Morgan fingerprint density at radius 2 is 0.845 bits per heavy atom. The molecule has 8 heterocycles. The molecule has 0 fully saturated rings. The number of hydrogen-bond donors (Lipinski definition) is 9. The van der Waals surface area contributed by atoms with E-state index in [2.05, 4.69) is 56.9 Å². The van der Waals surface area contributed by atoms with Gasteiger partial charge in [0.1, 0.15) is 19.5 Å². The number of esters is 2. The van der Waals surface area contributed by atoms with Crippen LogP contribution < -0.4 is 43.8 Å². The Bertz CT molecular complexity index is 5180. The van der Waals surface area contributed by atoms with Crippen molar-refractivity contribution in [3.05, 3.63) is 290 Å². The molecule has 11 N–H and O–H groups in total. The highest BCUT2D eigenvalue weighted by Crippen LogP contribution is 2.30. The Labute approximate surface area is 633 Å². The molecule has 0 atom stereocenters. The zero-order chi connectivity index (χ0) is 72.3. The number of methoxy groups -OCH3 is 2. The number of carboxylic acids is 1. The van der Waals surface area contributed by atoms with Crippen molar-refractivity contribution in [2.45, 2.75) is 19.6 Å². The summed E-state index contributed by atoms with van der Waals surface area (Å²) in [4.78, 5) is 75.9. The number of nitrogens with one attached hydrogen (secondary N) is 6. The van der Waals surface area contributed by atoms with Crippen molar-refractivity contribution in [1.82, 2.24) is 25.4 Å². The van der Waals surface area contributed by atoms with Gasteiger partial charge in [-0.05, 0) is 147 Å². The first-order valence-corrected chi connectivity index (χ1v) is 35.5. The standard InChI is InChI=1S/C21H16Cl2N4OS.C16H14N2O2S.C15H12N2O2S.C10H7NO.C6H6Cl2N2.C6H7NO2S.ClH/c22-16-6-5-14(11-17(16)23)26-27-21(28)20-19(8-10-29-20)25-12-13-7-9-24-18-4-2-1-3-15(13)18;1-20-16(19)15-14(7-9-21-15)18-10-11-6-8-17-13-5-3-2-4-12(11)13;18-15(19)14-13(6-8-20-14)17-9-10-5-7-16-12-4-2-1-3-11(10)12;12-7-8-5-6-11-10-4-2-1-3-9(8)10;7-5-2-1-4(10-9)3-6(5)8;1-9-6(8)5-4(7)2-3-10-5;/h1-11,25-26H,12H2,(H,27,28);2-9,18H,10H2,1H3;1-8,17H,9H2,(H,18,19);1-7H;1-3,10H,9H2;2-3H,7H2,1H3;1H. The molecule has 29 heteroatoms. The Hall–Kier alpha value is -10.5. The number of aromatic carboxylic acids is 1. The van der Waals surface area contributed by atoms with Gasteiger partial charge in [0.15, 0.2) is 6.29 Å². The first-order chi connectivity index (χ1) is 49.6. The molecule has 0 aliphatic carbocycles. The van der Waals surface area contributed by atoms with Crippen molar-refractivity contribution in [1.29, 1.82) is 0 Å². The van der Waals surface area contributed by atoms with Gasteiger partial charge in [-0.15, -0.1) is 57.8 Å². The maximum atomic E-state index is 12.6. The van der Waals surface area contributed by atoms with Crippen LogP contribution in [0.25, 0.3) is 43.6 Å². The van der Waals surface area contributed by atoms with E-state index in [0.29, 0.717) is 81.9 Å². The minimum absolute atomic E-state index is 0. The summed E-state index contributed by atoms with van der Waals surface area (Å²) >= 11 is 28.4. The zero-order valence-corrected chi connectivity index (χ0v) is 61.5. The Morgan fingerprint density at radius 3 is 1.28 bits per heavy atom. The third-order valence-electron chi connectivity index (χ3n) is 14.6. The number of para-hydroxylation sites is 4. The number of nitrogens with zero attached hydrogens (tertiary/aromatic N) is 4. The fourth-order valence-electron chi connectivity index (χ4n) is 9.58. The summed E-state index contributed by atoms with van der Waals surface area (Å²) in [5.74, 6) is 3.29. The van der Waals surface area contributed by atoms with Gasteiger partial charge in [0.25, 0.3) is 5.91 Å². The molecule has 526 valence electrons. The van der Waals surface area contributed by atoms with E-state index in [1.54, 1.807) is 90.1 Å². The average Bonchev–Trinajstić information content (AvgIpc) is 1.03. The number of fused-ring (bicyclic) bond motifs is 4. The largest absolute Gasteiger partial charge is 0.477 e. The maximum Gasteiger partial charge on any atom is 0.350 e. The monoisotopic (exact) mass is 1550 g/mol. The van der Waals surface area contributed by atoms with Gasteiger partial charge < -0.3 is 41.7 Å². The molecule has 0 saturated heterocycles. The lowest BCUT2D eigenvalue weighted by molar-refractivity contribution is 0.0598. The summed E-state index contributed by atoms with van der Waals surface area (Å²) < 4.78 is 9.25. The number of carboxylic acid groups (broad SMARTS) is 1. The van der Waals surface area contributed by atoms with Crippen molar-refractivity contribution >= 4 is 212 Å². The van der Waals surface area contributed by atoms with Crippen LogP contribution in [0.15, 0.2) is 228 Å². The summed E-state index contributed by atoms with van der Waals surface area (Å²) in [5, 5.41) is 32.3. The van der Waals surface area contributed by atoms with Crippen molar-refractivity contribution in [2.75, 3.05) is 46.8 Å². The second kappa shape index (κ2) is 39.7. The summed E-state index contributed by atoms with van der Waals surface area (Å²) in [6, 6.07) is 56.5. The normalized spacial score (nSPS) is 10.2. The number of ether oxygens (including phenoxy) is 2. The van der Waals surface area contributed by atoms with Gasteiger partial charge in [0.2, 0.25) is 0 Å². The Balaban J connectivity index is 0.000000163. The third kappa shape index (κ3) is 21.8. The number of amides is 1. The number of thiophene rings is 4. The molecule has 6 aromatic carbocycles. The van der Waals surface area contributed by atoms with Crippen LogP contribution in [-0.2, 0) is 29.1 Å². The van der Waals surface area contributed by atoms with Crippen LogP contribution in [0.1, 0.15) is 65.7 Å². The number of nitrogens with two attached hydrogens (primary N) is 2. The zero-order valence-electron chi connectivity index (χ0n) is 54.4. The molecule has 0 bridgehead atoms. The summed E-state index contributed by atoms with van der Waals surface area (Å²) in [5.41, 5.74) is 25.3. The van der Waals surface area contributed by atoms with Gasteiger partial charge in [-0.2, -0.15) is 0 Å². The Kier molecular flexibility index (Phi) is 30.1. The fraction of sp³-hybridized carbons (Fsp3) is 0.0676. The SMILES string of the molecule is COC(=O)c1sccc1N.COC(=O)c1sccc1NCc1ccnc2ccccc12.Cl.NNc1ccc(Cl)c(Cl)c1.O=C(NNc1ccc(Cl)c(Cl)c1)c1sccc1NCc1ccnc2ccccc12.O=C(O)c1sccc1NCc1ccnc2ccccc12.O=Cc1ccnc2ccccc12. The quantitative estimate of drug-likeness (QED) is 0.0177. The summed E-state index contributed by atoms with van der Waals surface area (Å²) in [7, 11) is 2.73. The molecule has 0 saturated carbocycles. The lowest BCUT2D eigenvalue weighted by Crippen LogP contribution is -2.29. The number of hydrazine groups is 2. The molecule has 1 amide bonds. The molecule has 14 aromatic rings. The van der Waals surface area contributed by atoms with Gasteiger partial charge in [-0.3, -0.25) is 46.2 Å². The first-order valence-electron chi connectivity index (χ1n) is 30.4. The highest BCUT2D eigenvalue weighted by Gasteiger charge is 2.17. The van der Waals surface area contributed by atoms with Crippen LogP contribution in [0.5, 0.6) is 0 Å². The van der Waals surface area contributed by atoms with Crippen LogP contribution in [0.2, 0.25) is 20.1 Å². The second-order valence-electron chi connectivity index (χ2n) is 21.0. The molecule has 0 spiro atoms. The number of rotatable bonds is 17. The van der Waals surface area contributed by atoms with Crippen LogP contribution in [-0.4, -0.2) is 69.4 Å². The number of aldehydes is 1. The molecule has 8 aromatic heterocycles. The van der Waals surface area contributed by atoms with Crippen molar-refractivity contribution in [3.8, 4) is 0 Å². The number of hydrogen-bond acceptors (Lipinski definition) is 22. The highest BCUT2D eigenvalue weighted by atomic mass is 35.5. The average molecular weight is 1550 g/mol. The molecule has 14 rings (SSSR count).